The Kier molecular flexibility index (Phi) is 3.00. The zero-order chi connectivity index (χ0) is 12.7. The number of ether oxygens (including phenoxy) is 1. The van der Waals surface area contributed by atoms with Crippen LogP contribution in [0.2, 0.25) is 0 Å². The number of thioether (sulfide) groups is 1. The second-order valence-corrected chi connectivity index (χ2v) is 7.55. The average Bonchev–Trinajstić information content (AvgIpc) is 2.45. The van der Waals surface area contributed by atoms with E-state index in [9.17, 15) is 0 Å². The van der Waals surface area contributed by atoms with Gasteiger partial charge in [-0.05, 0) is 42.4 Å². The van der Waals surface area contributed by atoms with Gasteiger partial charge in [0.15, 0.2) is 0 Å². The third-order valence-corrected chi connectivity index (χ3v) is 5.90. The van der Waals surface area contributed by atoms with Crippen LogP contribution in [0.25, 0.3) is 0 Å². The predicted octanol–water partition coefficient (Wildman–Crippen LogP) is 2.82. The largest absolute Gasteiger partial charge is 0.493 e. The summed E-state index contributed by atoms with van der Waals surface area (Å²) in [5.41, 5.74) is 1.83. The number of hydrogen-bond acceptors (Lipinski definition) is 3. The standard InChI is InChI=1S/C16H21NOS/c1-2-4-15-13(3-1)9-16(12-18-15)10-17(11-16)14-5-7-19-8-6-14/h1-4,14H,5-12H2. The summed E-state index contributed by atoms with van der Waals surface area (Å²) < 4.78 is 5.99. The summed E-state index contributed by atoms with van der Waals surface area (Å²) in [6.45, 7) is 3.41. The minimum atomic E-state index is 0.416. The van der Waals surface area contributed by atoms with E-state index in [0.717, 1.165) is 18.4 Å². The van der Waals surface area contributed by atoms with Gasteiger partial charge in [-0.1, -0.05) is 18.2 Å². The monoisotopic (exact) mass is 275 g/mol. The lowest BCUT2D eigenvalue weighted by Gasteiger charge is -2.55. The number of nitrogens with zero attached hydrogens (tertiary/aromatic N) is 1. The normalized spacial score (nSPS) is 26.5. The quantitative estimate of drug-likeness (QED) is 0.782. The fourth-order valence-corrected chi connectivity index (χ4v) is 4.89. The molecule has 2 saturated heterocycles. The van der Waals surface area contributed by atoms with Crippen LogP contribution in [-0.2, 0) is 6.42 Å². The molecule has 0 aromatic heterocycles. The molecule has 3 aliphatic rings. The molecule has 3 heteroatoms. The Bertz CT molecular complexity index is 464. The van der Waals surface area contributed by atoms with Gasteiger partial charge in [-0.2, -0.15) is 11.8 Å². The van der Waals surface area contributed by atoms with Crippen LogP contribution < -0.4 is 4.74 Å². The molecule has 0 radical (unpaired) electrons. The molecule has 0 atom stereocenters. The van der Waals surface area contributed by atoms with Gasteiger partial charge in [0, 0.05) is 24.5 Å². The molecular formula is C16H21NOS. The first kappa shape index (κ1) is 12.1. The first-order valence-electron chi connectivity index (χ1n) is 7.37. The third kappa shape index (κ3) is 2.17. The average molecular weight is 275 g/mol. The van der Waals surface area contributed by atoms with Gasteiger partial charge in [0.1, 0.15) is 5.75 Å². The molecule has 1 aromatic carbocycles. The Morgan fingerprint density at radius 2 is 1.95 bits per heavy atom. The van der Waals surface area contributed by atoms with E-state index in [1.54, 1.807) is 0 Å². The highest BCUT2D eigenvalue weighted by atomic mass is 32.2. The number of fused-ring (bicyclic) bond motifs is 1. The maximum Gasteiger partial charge on any atom is 0.122 e. The summed E-state index contributed by atoms with van der Waals surface area (Å²) in [6, 6.07) is 9.40. The van der Waals surface area contributed by atoms with Crippen molar-refractivity contribution in [3.05, 3.63) is 29.8 Å². The number of para-hydroxylation sites is 1. The molecule has 0 saturated carbocycles. The molecular weight excluding hydrogens is 254 g/mol. The van der Waals surface area contributed by atoms with E-state index < -0.39 is 0 Å². The highest BCUT2D eigenvalue weighted by Crippen LogP contribution is 2.43. The van der Waals surface area contributed by atoms with E-state index in [1.807, 2.05) is 0 Å². The maximum atomic E-state index is 5.99. The zero-order valence-corrected chi connectivity index (χ0v) is 12.1. The first-order chi connectivity index (χ1) is 9.35. The van der Waals surface area contributed by atoms with Gasteiger partial charge in [0.05, 0.1) is 6.61 Å². The van der Waals surface area contributed by atoms with Crippen molar-refractivity contribution in [2.45, 2.75) is 25.3 Å². The predicted molar refractivity (Wildman–Crippen MR) is 80.0 cm³/mol. The topological polar surface area (TPSA) is 12.5 Å². The molecule has 102 valence electrons. The van der Waals surface area contributed by atoms with Crippen LogP contribution in [-0.4, -0.2) is 42.1 Å². The highest BCUT2D eigenvalue weighted by molar-refractivity contribution is 7.99. The third-order valence-electron chi connectivity index (χ3n) is 4.86. The van der Waals surface area contributed by atoms with Crippen molar-refractivity contribution in [1.29, 1.82) is 0 Å². The first-order valence-corrected chi connectivity index (χ1v) is 8.53. The maximum absolute atomic E-state index is 5.99. The number of benzene rings is 1. The fourth-order valence-electron chi connectivity index (χ4n) is 3.80. The van der Waals surface area contributed by atoms with Gasteiger partial charge in [-0.3, -0.25) is 4.90 Å². The van der Waals surface area contributed by atoms with Gasteiger partial charge in [-0.15, -0.1) is 0 Å². The Balaban J connectivity index is 1.42. The van der Waals surface area contributed by atoms with E-state index in [-0.39, 0.29) is 0 Å². The Hall–Kier alpha value is -0.670. The molecule has 0 amide bonds. The second kappa shape index (κ2) is 4.71. The smallest absolute Gasteiger partial charge is 0.122 e. The number of rotatable bonds is 1. The second-order valence-electron chi connectivity index (χ2n) is 6.32. The van der Waals surface area contributed by atoms with Gasteiger partial charge in [-0.25, -0.2) is 0 Å². The molecule has 19 heavy (non-hydrogen) atoms. The van der Waals surface area contributed by atoms with Crippen molar-refractivity contribution >= 4 is 11.8 Å². The molecule has 1 aromatic rings. The van der Waals surface area contributed by atoms with Crippen LogP contribution in [0.15, 0.2) is 24.3 Å². The zero-order valence-electron chi connectivity index (χ0n) is 11.3. The SMILES string of the molecule is c1ccc2c(c1)CC1(CO2)CN(C2CCSCC2)C1. The number of hydrogen-bond donors (Lipinski definition) is 0. The Morgan fingerprint density at radius 3 is 2.79 bits per heavy atom. The minimum absolute atomic E-state index is 0.416. The fraction of sp³-hybridized carbons (Fsp3) is 0.625. The summed E-state index contributed by atoms with van der Waals surface area (Å²) in [5, 5.41) is 0. The van der Waals surface area contributed by atoms with Crippen LogP contribution in [0.1, 0.15) is 18.4 Å². The van der Waals surface area contributed by atoms with Crippen LogP contribution >= 0.6 is 11.8 Å². The van der Waals surface area contributed by atoms with E-state index in [4.69, 9.17) is 4.74 Å². The summed E-state index contributed by atoms with van der Waals surface area (Å²) in [5.74, 6) is 3.82. The lowest BCUT2D eigenvalue weighted by molar-refractivity contribution is -0.0679. The van der Waals surface area contributed by atoms with Gasteiger partial charge in [0.2, 0.25) is 0 Å². The molecule has 3 aliphatic heterocycles. The van der Waals surface area contributed by atoms with E-state index >= 15 is 0 Å². The van der Waals surface area contributed by atoms with Crippen molar-refractivity contribution in [2.75, 3.05) is 31.2 Å². The molecule has 4 rings (SSSR count). The lowest BCUT2D eigenvalue weighted by atomic mass is 9.73. The summed E-state index contributed by atoms with van der Waals surface area (Å²) in [6.07, 6.45) is 3.98. The molecule has 1 spiro atoms. The Labute approximate surface area is 119 Å². The number of likely N-dealkylation sites (tertiary alicyclic amines) is 1. The molecule has 0 N–H and O–H groups in total. The van der Waals surface area contributed by atoms with Crippen LogP contribution in [0.5, 0.6) is 5.75 Å². The van der Waals surface area contributed by atoms with Crippen LogP contribution in [0.4, 0.5) is 0 Å². The van der Waals surface area contributed by atoms with Crippen molar-refractivity contribution in [1.82, 2.24) is 4.90 Å². The minimum Gasteiger partial charge on any atom is -0.493 e. The summed E-state index contributed by atoms with van der Waals surface area (Å²) >= 11 is 2.12. The molecule has 0 bridgehead atoms. The van der Waals surface area contributed by atoms with Crippen molar-refractivity contribution in [2.24, 2.45) is 5.41 Å². The van der Waals surface area contributed by atoms with Crippen molar-refractivity contribution in [3.63, 3.8) is 0 Å². The van der Waals surface area contributed by atoms with E-state index in [1.165, 1.54) is 49.4 Å². The van der Waals surface area contributed by atoms with Crippen LogP contribution in [0.3, 0.4) is 0 Å². The van der Waals surface area contributed by atoms with E-state index in [2.05, 4.69) is 40.9 Å². The summed E-state index contributed by atoms with van der Waals surface area (Å²) in [7, 11) is 0. The van der Waals surface area contributed by atoms with Gasteiger partial charge >= 0.3 is 0 Å². The van der Waals surface area contributed by atoms with Crippen LogP contribution in [0, 0.1) is 5.41 Å². The molecule has 0 aliphatic carbocycles. The van der Waals surface area contributed by atoms with Crippen molar-refractivity contribution in [3.8, 4) is 5.75 Å². The van der Waals surface area contributed by atoms with E-state index in [0.29, 0.717) is 5.41 Å². The molecule has 2 fully saturated rings. The van der Waals surface area contributed by atoms with Gasteiger partial charge in [0.25, 0.3) is 0 Å². The molecule has 2 nitrogen and oxygen atoms in total. The highest BCUT2D eigenvalue weighted by Gasteiger charge is 2.48. The van der Waals surface area contributed by atoms with Gasteiger partial charge < -0.3 is 4.74 Å². The lowest BCUT2D eigenvalue weighted by Crippen LogP contribution is -2.64. The van der Waals surface area contributed by atoms with Crippen molar-refractivity contribution < 1.29 is 4.74 Å². The Morgan fingerprint density at radius 1 is 1.16 bits per heavy atom. The summed E-state index contributed by atoms with van der Waals surface area (Å²) in [4.78, 5) is 2.71. The molecule has 0 unspecified atom stereocenters. The molecule has 3 heterocycles.